The molecule has 0 amide bonds. The van der Waals surface area contributed by atoms with Crippen LogP contribution in [0.25, 0.3) is 43.1 Å². The van der Waals surface area contributed by atoms with Crippen LogP contribution in [0.15, 0.2) is 144 Å². The van der Waals surface area contributed by atoms with Gasteiger partial charge in [-0.15, -0.1) is 46.9 Å². The summed E-state index contributed by atoms with van der Waals surface area (Å²) in [5.74, 6) is 2.43. The monoisotopic (exact) mass is 948 g/mol. The molecule has 0 radical (unpaired) electrons. The third-order valence-corrected chi connectivity index (χ3v) is 12.5. The normalized spacial score (nSPS) is 10.4. The summed E-state index contributed by atoms with van der Waals surface area (Å²) in [5.41, 5.74) is 15.2. The number of ether oxygens (including phenoxy) is 2. The second kappa shape index (κ2) is 23.3. The van der Waals surface area contributed by atoms with Crippen molar-refractivity contribution in [2.45, 2.75) is 54.4 Å². The van der Waals surface area contributed by atoms with Gasteiger partial charge in [0.05, 0.1) is 20.9 Å². The Bertz CT molecular complexity index is 2470. The van der Waals surface area contributed by atoms with Gasteiger partial charge in [0.1, 0.15) is 11.5 Å². The van der Waals surface area contributed by atoms with Gasteiger partial charge in [-0.2, -0.15) is 49.2 Å². The SMILES string of the molecule is Cc1cc(C)c(-c2csc(-c3ccccc3[OH+]CCCC[OH+]c3ccccc3-c3scc(-c4c(C)cc(C)cc4C)c3O)c2O)c(C)c1.[CH2-]c1ccccc1.[CH2-]c1ccccc1.[Zr]. The number of unbranched alkanes of at least 4 members (excludes halogenated alkanes) is 1. The summed E-state index contributed by atoms with van der Waals surface area (Å²) in [5, 5.41) is 26.9. The van der Waals surface area contributed by atoms with E-state index in [0.29, 0.717) is 24.7 Å². The van der Waals surface area contributed by atoms with Gasteiger partial charge in [-0.3, -0.25) is 0 Å². The summed E-state index contributed by atoms with van der Waals surface area (Å²) in [7, 11) is 0. The zero-order valence-corrected chi connectivity index (χ0v) is 41.3. The first-order valence-electron chi connectivity index (χ1n) is 21.0. The molecule has 0 spiro atoms. The van der Waals surface area contributed by atoms with E-state index in [0.717, 1.165) is 78.6 Å². The standard InChI is InChI=1S/C42H42O4S2.2C7H7.Zr/c1-25-19-27(3)37(28(4)20-25)33-23-47-41(39(33)43)31-13-7-9-15-35(31)45-17-11-12-18-46-36-16-10-8-14-32(36)42-40(44)34(24-48-42)38-29(5)21-26(2)22-30(38)6;2*1-7-5-3-2-4-6-7;/h7-10,13-16,19-24,43-44H,11-12,17-18H2,1-6H3;2*2-6H,1H2;/q;2*-1;/p+2. The molecule has 7 heteroatoms. The maximum absolute atomic E-state index is 11.4. The summed E-state index contributed by atoms with van der Waals surface area (Å²) in [6.07, 6.45) is 1.79. The number of aromatic hydroxyl groups is 4. The molecular formula is C56H58O4S2Zr. The number of hydrogen-bond acceptors (Lipinski definition) is 4. The third-order valence-electron chi connectivity index (χ3n) is 10.5. The predicted octanol–water partition coefficient (Wildman–Crippen LogP) is 15.4. The van der Waals surface area contributed by atoms with Crippen LogP contribution in [0.1, 0.15) is 57.3 Å². The first kappa shape index (κ1) is 48.6. The molecule has 2 aromatic heterocycles. The Morgan fingerprint density at radius 1 is 0.444 bits per heavy atom. The van der Waals surface area contributed by atoms with E-state index in [1.165, 1.54) is 33.4 Å². The number of aliphatic hydroxyl groups is 2. The first-order valence-corrected chi connectivity index (χ1v) is 22.7. The molecule has 322 valence electrons. The van der Waals surface area contributed by atoms with E-state index < -0.39 is 0 Å². The molecule has 2 heterocycles. The van der Waals surface area contributed by atoms with E-state index in [2.05, 4.69) is 90.4 Å². The minimum atomic E-state index is 0. The smallest absolute Gasteiger partial charge is 0.263 e. The van der Waals surface area contributed by atoms with Gasteiger partial charge >= 0.3 is 0 Å². The minimum Gasteiger partial charge on any atom is -0.582 e. The van der Waals surface area contributed by atoms with Crippen molar-refractivity contribution in [2.24, 2.45) is 0 Å². The summed E-state index contributed by atoms with van der Waals surface area (Å²) < 4.78 is 9.89. The van der Waals surface area contributed by atoms with Crippen LogP contribution in [0.3, 0.4) is 0 Å². The second-order valence-corrected chi connectivity index (χ2v) is 17.4. The van der Waals surface area contributed by atoms with Gasteiger partial charge in [0, 0.05) is 73.1 Å². The van der Waals surface area contributed by atoms with Gasteiger partial charge in [0.25, 0.3) is 11.5 Å². The van der Waals surface area contributed by atoms with E-state index in [1.54, 1.807) is 22.7 Å². The summed E-state index contributed by atoms with van der Waals surface area (Å²) in [6.45, 7) is 21.4. The predicted molar refractivity (Wildman–Crippen MR) is 266 cm³/mol. The third kappa shape index (κ3) is 12.6. The molecule has 0 fully saturated rings. The van der Waals surface area contributed by atoms with Crippen LogP contribution < -0.4 is 0 Å². The Hall–Kier alpha value is -5.46. The zero-order valence-electron chi connectivity index (χ0n) is 37.2. The quantitative estimate of drug-likeness (QED) is 0.0771. The number of para-hydroxylation sites is 2. The maximum Gasteiger partial charge on any atom is 0.263 e. The molecule has 6 aromatic carbocycles. The fraction of sp³-hybridized carbons (Fsp3) is 0.179. The van der Waals surface area contributed by atoms with Crippen LogP contribution in [-0.2, 0) is 26.2 Å². The first-order chi connectivity index (χ1) is 29.9. The summed E-state index contributed by atoms with van der Waals surface area (Å²) in [4.78, 5) is 1.70. The maximum atomic E-state index is 11.4. The van der Waals surface area contributed by atoms with Crippen molar-refractivity contribution in [2.75, 3.05) is 13.2 Å². The summed E-state index contributed by atoms with van der Waals surface area (Å²) in [6, 6.07) is 44.6. The van der Waals surface area contributed by atoms with Crippen molar-refractivity contribution >= 4 is 22.7 Å². The topological polar surface area (TPSA) is 66.1 Å². The van der Waals surface area contributed by atoms with Gasteiger partial charge in [0.2, 0.25) is 0 Å². The van der Waals surface area contributed by atoms with E-state index in [4.69, 9.17) is 9.47 Å². The van der Waals surface area contributed by atoms with Crippen LogP contribution in [0.4, 0.5) is 0 Å². The van der Waals surface area contributed by atoms with Crippen molar-refractivity contribution < 1.29 is 45.9 Å². The Morgan fingerprint density at radius 3 is 1.08 bits per heavy atom. The minimum absolute atomic E-state index is 0. The van der Waals surface area contributed by atoms with E-state index in [1.807, 2.05) is 109 Å². The molecule has 4 N–H and O–H groups in total. The van der Waals surface area contributed by atoms with Gasteiger partial charge in [-0.1, -0.05) is 71.8 Å². The number of thiophene rings is 2. The van der Waals surface area contributed by atoms with E-state index >= 15 is 0 Å². The second-order valence-electron chi connectivity index (χ2n) is 15.7. The average molecular weight is 950 g/mol. The molecule has 0 aliphatic heterocycles. The molecule has 4 nitrogen and oxygen atoms in total. The van der Waals surface area contributed by atoms with E-state index in [-0.39, 0.29) is 26.2 Å². The molecule has 0 atom stereocenters. The van der Waals surface area contributed by atoms with Crippen LogP contribution >= 0.6 is 22.7 Å². The van der Waals surface area contributed by atoms with Crippen molar-refractivity contribution in [3.8, 4) is 66.1 Å². The van der Waals surface area contributed by atoms with Crippen molar-refractivity contribution in [3.05, 3.63) is 203 Å². The van der Waals surface area contributed by atoms with Crippen LogP contribution in [0.5, 0.6) is 23.0 Å². The van der Waals surface area contributed by atoms with Crippen molar-refractivity contribution in [3.63, 3.8) is 0 Å². The van der Waals surface area contributed by atoms with Crippen LogP contribution in [0.2, 0.25) is 0 Å². The molecule has 0 bridgehead atoms. The molecule has 8 aromatic rings. The zero-order chi connectivity index (χ0) is 44.2. The molecule has 0 aliphatic carbocycles. The van der Waals surface area contributed by atoms with Crippen molar-refractivity contribution in [1.82, 2.24) is 0 Å². The molecule has 0 saturated carbocycles. The number of hydrogen-bond donors (Lipinski definition) is 2. The van der Waals surface area contributed by atoms with Crippen LogP contribution in [0, 0.1) is 55.4 Å². The molecule has 0 unspecified atom stereocenters. The Labute approximate surface area is 402 Å². The number of aryl methyl sites for hydroxylation is 6. The summed E-state index contributed by atoms with van der Waals surface area (Å²) >= 11 is 3.13. The molecule has 0 aliphatic rings. The molecular weight excluding hydrogens is 892 g/mol. The van der Waals surface area contributed by atoms with Gasteiger partial charge in [0.15, 0.2) is 13.2 Å². The number of rotatable bonds is 11. The van der Waals surface area contributed by atoms with Crippen LogP contribution in [-0.4, -0.2) is 32.9 Å². The largest absolute Gasteiger partial charge is 0.582 e. The Morgan fingerprint density at radius 2 is 0.762 bits per heavy atom. The van der Waals surface area contributed by atoms with Gasteiger partial charge < -0.3 is 19.7 Å². The molecule has 0 saturated heterocycles. The molecule has 63 heavy (non-hydrogen) atoms. The Balaban J connectivity index is 0.000000422. The fourth-order valence-electron chi connectivity index (χ4n) is 7.84. The van der Waals surface area contributed by atoms with E-state index in [9.17, 15) is 10.2 Å². The van der Waals surface area contributed by atoms with Gasteiger partial charge in [-0.05, 0) is 87.1 Å². The number of benzene rings is 6. The van der Waals surface area contributed by atoms with Crippen molar-refractivity contribution in [1.29, 1.82) is 0 Å². The fourth-order valence-corrected chi connectivity index (χ4v) is 9.81. The average Bonchev–Trinajstić information content (AvgIpc) is 3.81. The Kier molecular flexibility index (Phi) is 18.0. The molecule has 8 rings (SSSR count). The van der Waals surface area contributed by atoms with Gasteiger partial charge in [-0.25, -0.2) is 0 Å².